The van der Waals surface area contributed by atoms with Gasteiger partial charge >= 0.3 is 0 Å². The van der Waals surface area contributed by atoms with Gasteiger partial charge in [-0.15, -0.1) is 11.3 Å². The zero-order chi connectivity index (χ0) is 11.5. The fourth-order valence-corrected chi connectivity index (χ4v) is 3.22. The zero-order valence-electron chi connectivity index (χ0n) is 10.5. The molecule has 1 fully saturated rings. The Morgan fingerprint density at radius 3 is 2.69 bits per heavy atom. The first-order valence-electron chi connectivity index (χ1n) is 6.42. The number of hydrogen-bond donors (Lipinski definition) is 1. The molecule has 0 radical (unpaired) electrons. The number of aromatic nitrogens is 1. The van der Waals surface area contributed by atoms with Crippen molar-refractivity contribution in [1.29, 1.82) is 0 Å². The Balaban J connectivity index is 2.06. The first-order valence-corrected chi connectivity index (χ1v) is 7.24. The summed E-state index contributed by atoms with van der Waals surface area (Å²) in [5, 5.41) is 4.89. The highest BCUT2D eigenvalue weighted by Gasteiger charge is 2.24. The topological polar surface area (TPSA) is 24.9 Å². The number of aryl methyl sites for hydroxylation is 1. The smallest absolute Gasteiger partial charge is 0.0962 e. The van der Waals surface area contributed by atoms with Crippen LogP contribution in [0.5, 0.6) is 0 Å². The van der Waals surface area contributed by atoms with Crippen LogP contribution >= 0.6 is 11.3 Å². The highest BCUT2D eigenvalue weighted by molar-refractivity contribution is 7.11. The van der Waals surface area contributed by atoms with Crippen LogP contribution in [-0.2, 0) is 13.0 Å². The third kappa shape index (κ3) is 2.64. The molecule has 1 aromatic heterocycles. The monoisotopic (exact) mass is 238 g/mol. The second-order valence-corrected chi connectivity index (χ2v) is 6.05. The Labute approximate surface area is 102 Å². The lowest BCUT2D eigenvalue weighted by Crippen LogP contribution is -2.21. The Morgan fingerprint density at radius 1 is 1.44 bits per heavy atom. The van der Waals surface area contributed by atoms with Crippen molar-refractivity contribution < 1.29 is 0 Å². The van der Waals surface area contributed by atoms with Gasteiger partial charge in [0.1, 0.15) is 0 Å². The maximum absolute atomic E-state index is 4.81. The molecule has 3 heteroatoms. The Kier molecular flexibility index (Phi) is 3.98. The minimum Gasteiger partial charge on any atom is -0.310 e. The molecule has 2 nitrogen and oxygen atoms in total. The zero-order valence-corrected chi connectivity index (χ0v) is 11.4. The molecular formula is C13H22N2S. The lowest BCUT2D eigenvalue weighted by Gasteiger charge is -2.22. The maximum atomic E-state index is 4.81. The molecule has 16 heavy (non-hydrogen) atoms. The Hall–Kier alpha value is -0.410. The lowest BCUT2D eigenvalue weighted by atomic mass is 9.86. The first-order chi connectivity index (χ1) is 7.70. The lowest BCUT2D eigenvalue weighted by molar-refractivity contribution is 0.418. The van der Waals surface area contributed by atoms with E-state index in [0.29, 0.717) is 6.04 Å². The molecule has 1 saturated carbocycles. The summed E-state index contributed by atoms with van der Waals surface area (Å²) in [5.41, 5.74) is 1.32. The van der Waals surface area contributed by atoms with Crippen LogP contribution in [0.15, 0.2) is 0 Å². The van der Waals surface area contributed by atoms with Crippen LogP contribution < -0.4 is 5.32 Å². The van der Waals surface area contributed by atoms with Crippen molar-refractivity contribution >= 4 is 11.3 Å². The van der Waals surface area contributed by atoms with Gasteiger partial charge in [-0.1, -0.05) is 27.2 Å². The second kappa shape index (κ2) is 5.28. The van der Waals surface area contributed by atoms with Crippen LogP contribution in [-0.4, -0.2) is 11.0 Å². The molecule has 2 rings (SSSR count). The van der Waals surface area contributed by atoms with E-state index >= 15 is 0 Å². The molecule has 90 valence electrons. The van der Waals surface area contributed by atoms with Crippen molar-refractivity contribution in [3.8, 4) is 0 Å². The van der Waals surface area contributed by atoms with Gasteiger partial charge in [-0.3, -0.25) is 0 Å². The summed E-state index contributed by atoms with van der Waals surface area (Å²) in [6, 6.07) is 0.555. The van der Waals surface area contributed by atoms with Crippen LogP contribution in [0.25, 0.3) is 0 Å². The van der Waals surface area contributed by atoms with E-state index in [1.165, 1.54) is 34.8 Å². The molecule has 0 aliphatic heterocycles. The molecule has 0 aromatic carbocycles. The van der Waals surface area contributed by atoms with Crippen molar-refractivity contribution in [1.82, 2.24) is 10.3 Å². The van der Waals surface area contributed by atoms with Crippen LogP contribution in [0.4, 0.5) is 0 Å². The second-order valence-electron chi connectivity index (χ2n) is 4.94. The van der Waals surface area contributed by atoms with Crippen LogP contribution in [0, 0.1) is 0 Å². The van der Waals surface area contributed by atoms with Crippen molar-refractivity contribution in [3.05, 3.63) is 15.6 Å². The van der Waals surface area contributed by atoms with Gasteiger partial charge in [0, 0.05) is 23.4 Å². The normalized spacial score (nSPS) is 16.8. The third-order valence-corrected chi connectivity index (χ3v) is 4.52. The van der Waals surface area contributed by atoms with Gasteiger partial charge in [0.15, 0.2) is 0 Å². The largest absolute Gasteiger partial charge is 0.310 e. The summed E-state index contributed by atoms with van der Waals surface area (Å²) in [5.74, 6) is 0.781. The van der Waals surface area contributed by atoms with Gasteiger partial charge in [0.2, 0.25) is 0 Å². The van der Waals surface area contributed by atoms with E-state index in [-0.39, 0.29) is 0 Å². The number of nitrogens with one attached hydrogen (secondary N) is 1. The highest BCUT2D eigenvalue weighted by atomic mass is 32.1. The summed E-state index contributed by atoms with van der Waals surface area (Å²) in [4.78, 5) is 6.26. The molecule has 0 bridgehead atoms. The summed E-state index contributed by atoms with van der Waals surface area (Å²) in [6.07, 6.45) is 5.17. The summed E-state index contributed by atoms with van der Waals surface area (Å²) in [7, 11) is 0. The molecule has 1 heterocycles. The molecule has 1 aromatic rings. The summed E-state index contributed by atoms with van der Waals surface area (Å²) in [6.45, 7) is 7.59. The van der Waals surface area contributed by atoms with Crippen LogP contribution in [0.2, 0.25) is 0 Å². The van der Waals surface area contributed by atoms with E-state index < -0.39 is 0 Å². The maximum Gasteiger partial charge on any atom is 0.0962 e. The van der Waals surface area contributed by atoms with Crippen molar-refractivity contribution in [2.45, 2.75) is 65.0 Å². The SMILES string of the molecule is CCc1nc(C2CCC2)sc1CNC(C)C. The minimum absolute atomic E-state index is 0.555. The van der Waals surface area contributed by atoms with Gasteiger partial charge in [-0.2, -0.15) is 0 Å². The average Bonchev–Trinajstić information content (AvgIpc) is 2.55. The standard InChI is InChI=1S/C13H22N2S/c1-4-11-12(8-14-9(2)3)16-13(15-11)10-6-5-7-10/h9-10,14H,4-8H2,1-3H3. The number of thiazole rings is 1. The quantitative estimate of drug-likeness (QED) is 0.849. The van der Waals surface area contributed by atoms with E-state index in [1.54, 1.807) is 0 Å². The molecule has 0 unspecified atom stereocenters. The van der Waals surface area contributed by atoms with E-state index in [0.717, 1.165) is 18.9 Å². The molecule has 0 atom stereocenters. The van der Waals surface area contributed by atoms with E-state index in [2.05, 4.69) is 26.1 Å². The van der Waals surface area contributed by atoms with Gasteiger partial charge in [-0.25, -0.2) is 4.98 Å². The first kappa shape index (κ1) is 12.1. The van der Waals surface area contributed by atoms with E-state index in [1.807, 2.05) is 11.3 Å². The van der Waals surface area contributed by atoms with Crippen molar-refractivity contribution in [3.63, 3.8) is 0 Å². The molecule has 0 spiro atoms. The molecule has 1 aliphatic rings. The van der Waals surface area contributed by atoms with Crippen LogP contribution in [0.1, 0.15) is 61.5 Å². The third-order valence-electron chi connectivity index (χ3n) is 3.25. The number of nitrogens with zero attached hydrogens (tertiary/aromatic N) is 1. The van der Waals surface area contributed by atoms with Crippen molar-refractivity contribution in [2.24, 2.45) is 0 Å². The summed E-state index contributed by atoms with van der Waals surface area (Å²) >= 11 is 1.94. The molecule has 0 amide bonds. The number of rotatable bonds is 5. The molecule has 1 N–H and O–H groups in total. The van der Waals surface area contributed by atoms with Gasteiger partial charge in [0.05, 0.1) is 10.7 Å². The number of hydrogen-bond acceptors (Lipinski definition) is 3. The van der Waals surface area contributed by atoms with Crippen LogP contribution in [0.3, 0.4) is 0 Å². The van der Waals surface area contributed by atoms with Gasteiger partial charge in [0.25, 0.3) is 0 Å². The Bertz CT molecular complexity index is 340. The molecule has 0 saturated heterocycles. The van der Waals surface area contributed by atoms with E-state index in [4.69, 9.17) is 4.98 Å². The van der Waals surface area contributed by atoms with Gasteiger partial charge < -0.3 is 5.32 Å². The predicted molar refractivity (Wildman–Crippen MR) is 70.1 cm³/mol. The minimum atomic E-state index is 0.555. The fourth-order valence-electron chi connectivity index (χ4n) is 1.94. The summed E-state index contributed by atoms with van der Waals surface area (Å²) < 4.78 is 0. The average molecular weight is 238 g/mol. The molecular weight excluding hydrogens is 216 g/mol. The predicted octanol–water partition coefficient (Wildman–Crippen LogP) is 3.47. The Morgan fingerprint density at radius 2 is 2.19 bits per heavy atom. The van der Waals surface area contributed by atoms with Crippen molar-refractivity contribution in [2.75, 3.05) is 0 Å². The van der Waals surface area contributed by atoms with Gasteiger partial charge in [-0.05, 0) is 19.3 Å². The molecule has 1 aliphatic carbocycles. The van der Waals surface area contributed by atoms with E-state index in [9.17, 15) is 0 Å². The highest BCUT2D eigenvalue weighted by Crippen LogP contribution is 2.39. The fraction of sp³-hybridized carbons (Fsp3) is 0.769.